The van der Waals surface area contributed by atoms with Gasteiger partial charge in [-0.3, -0.25) is 4.90 Å². The molecule has 1 heterocycles. The molecule has 0 amide bonds. The Kier molecular flexibility index (Phi) is 49.2. The zero-order chi connectivity index (χ0) is 56.7. The van der Waals surface area contributed by atoms with E-state index in [0.717, 1.165) is 11.8 Å². The predicted octanol–water partition coefficient (Wildman–Crippen LogP) is 23.6. The van der Waals surface area contributed by atoms with Gasteiger partial charge >= 0.3 is 0 Å². The second-order valence-electron chi connectivity index (χ2n) is 29.4. The van der Waals surface area contributed by atoms with Gasteiger partial charge < -0.3 is 4.90 Å². The molecule has 2 saturated carbocycles. The summed E-state index contributed by atoms with van der Waals surface area (Å²) in [5.74, 6) is 5.77. The fourth-order valence-electron chi connectivity index (χ4n) is 7.44. The van der Waals surface area contributed by atoms with E-state index in [0.29, 0.717) is 32.7 Å². The molecule has 70 heavy (non-hydrogen) atoms. The minimum absolute atomic E-state index is 0.420. The standard InChI is InChI=1S/C10H22.C9H19N.C9H18.C7H18Si.C6H10.C6H14.C6H10.C5H13N.C5H10.C4H10/c1-9(2,3)7-8-10(4,5)6;1-8(2)6-7-9(3,4)10(8)5;1-8(2)5-6-9(3,4)7-8;1-5-6-7-8(2,3)4;1-5-3-4-6(5)2;2*1-3-5-6-4-2;1-4-5-6(2)3;1-5(2)3-4-5;1-3-4-2/h7-8H2,1-6H3;6-7H2,1-5H3;5-7H2,1-4H3;5-7H2,1-4H3;3-4H2,1-2H3;3-6H2,1-2H3;3,5H2,1-2H3;4-5H2,1-3H3;3-4H2,1-2H3;3-4H2,1-2H3. The highest BCUT2D eigenvalue weighted by molar-refractivity contribution is 6.76. The first kappa shape index (κ1) is 80.8. The van der Waals surface area contributed by atoms with Gasteiger partial charge in [-0.25, -0.2) is 0 Å². The van der Waals surface area contributed by atoms with E-state index in [1.54, 1.807) is 11.1 Å². The highest BCUT2D eigenvalue weighted by atomic mass is 28.3. The average molecular weight is 1010 g/mol. The van der Waals surface area contributed by atoms with Crippen LogP contribution in [0.2, 0.25) is 25.7 Å². The quantitative estimate of drug-likeness (QED) is 0.0881. The Morgan fingerprint density at radius 1 is 0.514 bits per heavy atom. The van der Waals surface area contributed by atoms with Gasteiger partial charge in [-0.1, -0.05) is 220 Å². The maximum Gasteiger partial charge on any atom is 0.0442 e. The first-order valence-corrected chi connectivity index (χ1v) is 33.7. The Bertz CT molecular complexity index is 1180. The molecule has 426 valence electrons. The number of rotatable bonds is 11. The molecule has 0 aromatic rings. The number of hydrogen-bond donors (Lipinski definition) is 0. The van der Waals surface area contributed by atoms with E-state index >= 15 is 0 Å². The molecule has 0 spiro atoms. The molecule has 1 saturated heterocycles. The summed E-state index contributed by atoms with van der Waals surface area (Å²) >= 11 is 0. The summed E-state index contributed by atoms with van der Waals surface area (Å²) < 4.78 is 0. The van der Waals surface area contributed by atoms with Gasteiger partial charge in [0.1, 0.15) is 0 Å². The summed E-state index contributed by atoms with van der Waals surface area (Å²) in [5, 5.41) is 0. The molecule has 4 rings (SSSR count). The van der Waals surface area contributed by atoms with Crippen LogP contribution < -0.4 is 0 Å². The summed E-state index contributed by atoms with van der Waals surface area (Å²) in [5.41, 5.74) is 7.07. The molecule has 0 bridgehead atoms. The van der Waals surface area contributed by atoms with Crippen molar-refractivity contribution in [3.05, 3.63) is 11.1 Å². The monoisotopic (exact) mass is 1010 g/mol. The molecule has 4 aliphatic rings. The normalized spacial score (nSPS) is 18.2. The molecule has 0 N–H and O–H groups in total. The molecule has 0 aromatic heterocycles. The Morgan fingerprint density at radius 3 is 0.943 bits per heavy atom. The molecular weight excluding hydrogens is 861 g/mol. The molecule has 1 aliphatic heterocycles. The van der Waals surface area contributed by atoms with Gasteiger partial charge in [-0.2, -0.15) is 0 Å². The zero-order valence-corrected chi connectivity index (χ0v) is 56.9. The van der Waals surface area contributed by atoms with E-state index in [1.807, 2.05) is 6.92 Å². The van der Waals surface area contributed by atoms with Crippen molar-refractivity contribution in [3.63, 3.8) is 0 Å². The van der Waals surface area contributed by atoms with Gasteiger partial charge in [0.2, 0.25) is 0 Å². The van der Waals surface area contributed by atoms with Gasteiger partial charge in [-0.05, 0) is 187 Å². The van der Waals surface area contributed by atoms with Crippen molar-refractivity contribution in [1.82, 2.24) is 9.80 Å². The van der Waals surface area contributed by atoms with E-state index in [1.165, 1.54) is 147 Å². The molecule has 0 atom stereocenters. The molecule has 3 aliphatic carbocycles. The van der Waals surface area contributed by atoms with Crippen molar-refractivity contribution in [3.8, 4) is 11.8 Å². The Morgan fingerprint density at radius 2 is 0.857 bits per heavy atom. The topological polar surface area (TPSA) is 6.48 Å². The third-order valence-corrected chi connectivity index (χ3v) is 15.9. The fourth-order valence-corrected chi connectivity index (χ4v) is 8.86. The van der Waals surface area contributed by atoms with Crippen LogP contribution in [0.15, 0.2) is 11.1 Å². The van der Waals surface area contributed by atoms with E-state index in [-0.39, 0.29) is 0 Å². The number of allylic oxidation sites excluding steroid dienone is 2. The minimum Gasteiger partial charge on any atom is -0.309 e. The van der Waals surface area contributed by atoms with Crippen molar-refractivity contribution in [2.45, 2.75) is 358 Å². The summed E-state index contributed by atoms with van der Waals surface area (Å²) in [6.07, 6.45) is 29.6. The summed E-state index contributed by atoms with van der Waals surface area (Å²) in [7, 11) is 5.72. The lowest BCUT2D eigenvalue weighted by molar-refractivity contribution is 0.115. The first-order valence-electron chi connectivity index (χ1n) is 30.0. The van der Waals surface area contributed by atoms with E-state index in [2.05, 4.69) is 236 Å². The number of likely N-dealkylation sites (tertiary alicyclic amines) is 1. The van der Waals surface area contributed by atoms with Crippen LogP contribution in [0.3, 0.4) is 0 Å². The van der Waals surface area contributed by atoms with Gasteiger partial charge in [0, 0.05) is 25.6 Å². The van der Waals surface area contributed by atoms with Crippen LogP contribution in [0.25, 0.3) is 0 Å². The lowest BCUT2D eigenvalue weighted by Crippen LogP contribution is -2.44. The smallest absolute Gasteiger partial charge is 0.0442 e. The Labute approximate surface area is 451 Å². The molecular formula is C67H144N2Si. The predicted molar refractivity (Wildman–Crippen MR) is 336 cm³/mol. The molecule has 3 heteroatoms. The molecule has 2 nitrogen and oxygen atoms in total. The van der Waals surface area contributed by atoms with Crippen LogP contribution >= 0.6 is 0 Å². The van der Waals surface area contributed by atoms with Crippen LogP contribution in [0.4, 0.5) is 0 Å². The second kappa shape index (κ2) is 42.6. The zero-order valence-electron chi connectivity index (χ0n) is 55.9. The Balaban J connectivity index is -0.000000164. The van der Waals surface area contributed by atoms with Crippen LogP contribution in [-0.2, 0) is 0 Å². The number of nitrogens with zero attached hydrogens (tertiary/aromatic N) is 2. The molecule has 0 radical (unpaired) electrons. The summed E-state index contributed by atoms with van der Waals surface area (Å²) in [6.45, 7) is 67.4. The van der Waals surface area contributed by atoms with Crippen molar-refractivity contribution < 1.29 is 0 Å². The lowest BCUT2D eigenvalue weighted by atomic mass is 9.81. The first-order chi connectivity index (χ1) is 31.6. The summed E-state index contributed by atoms with van der Waals surface area (Å²) in [6, 6.07) is 1.50. The van der Waals surface area contributed by atoms with Gasteiger partial charge in [-0.15, -0.1) is 11.8 Å². The van der Waals surface area contributed by atoms with Gasteiger partial charge in [0.15, 0.2) is 0 Å². The number of hydrogen-bond acceptors (Lipinski definition) is 2. The third kappa shape index (κ3) is 65.5. The van der Waals surface area contributed by atoms with Crippen molar-refractivity contribution >= 4 is 8.07 Å². The van der Waals surface area contributed by atoms with Crippen LogP contribution in [-0.4, -0.2) is 56.6 Å². The minimum atomic E-state index is -0.678. The number of unbranched alkanes of at least 4 members (excludes halogenated alkanes) is 6. The molecule has 0 unspecified atom stereocenters. The second-order valence-corrected chi connectivity index (χ2v) is 35.0. The van der Waals surface area contributed by atoms with Crippen LogP contribution in [0, 0.1) is 38.9 Å². The summed E-state index contributed by atoms with van der Waals surface area (Å²) in [4.78, 5) is 4.67. The maximum atomic E-state index is 2.95. The highest BCUT2D eigenvalue weighted by Crippen LogP contribution is 2.48. The van der Waals surface area contributed by atoms with Crippen molar-refractivity contribution in [2.75, 3.05) is 27.7 Å². The lowest BCUT2D eigenvalue weighted by Gasteiger charge is -2.36. The average Bonchev–Trinajstić information content (AvgIpc) is 3.81. The van der Waals surface area contributed by atoms with Gasteiger partial charge in [0.05, 0.1) is 0 Å². The van der Waals surface area contributed by atoms with Gasteiger partial charge in [0.25, 0.3) is 0 Å². The molecule has 3 fully saturated rings. The SMILES string of the molecule is CC#CCCC.CC(C)(C)CCC(C)(C)C.CC1(C)CC1.CC1(C)CCC(C)(C)C1.CC1=C(C)CC1.CCCC.CCCCCC.CCCC[Si](C)(C)C.CCCN(C)C.CN1C(C)(C)CCC1(C)C. The Hall–Kier alpha value is -0.563. The fraction of sp³-hybridized carbons (Fsp3) is 0.940. The maximum absolute atomic E-state index is 2.95. The van der Waals surface area contributed by atoms with E-state index in [9.17, 15) is 0 Å². The van der Waals surface area contributed by atoms with Crippen molar-refractivity contribution in [1.29, 1.82) is 0 Å². The largest absolute Gasteiger partial charge is 0.309 e. The van der Waals surface area contributed by atoms with E-state index in [4.69, 9.17) is 0 Å². The van der Waals surface area contributed by atoms with Crippen LogP contribution in [0.5, 0.6) is 0 Å². The third-order valence-electron chi connectivity index (χ3n) is 14.0. The molecule has 0 aromatic carbocycles. The highest BCUT2D eigenvalue weighted by Gasteiger charge is 2.41. The van der Waals surface area contributed by atoms with Crippen molar-refractivity contribution in [2.24, 2.45) is 27.1 Å². The van der Waals surface area contributed by atoms with Crippen LogP contribution in [0.1, 0.15) is 321 Å². The van der Waals surface area contributed by atoms with E-state index < -0.39 is 8.07 Å².